The minimum atomic E-state index is 0.882. The van der Waals surface area contributed by atoms with Crippen molar-refractivity contribution in [2.24, 2.45) is 5.92 Å². The lowest BCUT2D eigenvalue weighted by Crippen LogP contribution is -2.51. The van der Waals surface area contributed by atoms with E-state index in [-0.39, 0.29) is 0 Å². The van der Waals surface area contributed by atoms with Crippen molar-refractivity contribution in [1.82, 2.24) is 14.7 Å². The Kier molecular flexibility index (Phi) is 5.58. The first-order chi connectivity index (χ1) is 10.3. The fourth-order valence-corrected chi connectivity index (χ4v) is 4.70. The average molecular weight is 293 g/mol. The van der Waals surface area contributed by atoms with Crippen LogP contribution in [0.3, 0.4) is 0 Å². The van der Waals surface area contributed by atoms with Crippen LogP contribution in [0.2, 0.25) is 0 Å². The van der Waals surface area contributed by atoms with Crippen molar-refractivity contribution in [1.29, 1.82) is 0 Å². The van der Waals surface area contributed by atoms with Crippen molar-refractivity contribution in [3.8, 4) is 0 Å². The zero-order valence-electron chi connectivity index (χ0n) is 14.3. The smallest absolute Gasteiger partial charge is 0.0120 e. The van der Waals surface area contributed by atoms with Gasteiger partial charge in [0.1, 0.15) is 0 Å². The molecule has 0 bridgehead atoms. The number of nitrogens with zero attached hydrogens (tertiary/aromatic N) is 3. The second-order valence-corrected chi connectivity index (χ2v) is 7.69. The number of likely N-dealkylation sites (tertiary alicyclic amines) is 3. The summed E-state index contributed by atoms with van der Waals surface area (Å²) in [6.07, 6.45) is 9.91. The molecule has 3 aliphatic rings. The van der Waals surface area contributed by atoms with Gasteiger partial charge >= 0.3 is 0 Å². The summed E-state index contributed by atoms with van der Waals surface area (Å²) in [4.78, 5) is 8.11. The van der Waals surface area contributed by atoms with Crippen molar-refractivity contribution < 1.29 is 0 Å². The first-order valence-corrected chi connectivity index (χ1v) is 9.43. The highest BCUT2D eigenvalue weighted by molar-refractivity contribution is 4.87. The molecule has 0 aromatic heterocycles. The molecule has 0 saturated carbocycles. The Balaban J connectivity index is 1.41. The lowest BCUT2D eigenvalue weighted by atomic mass is 9.91. The second-order valence-electron chi connectivity index (χ2n) is 7.69. The molecule has 21 heavy (non-hydrogen) atoms. The molecule has 0 aliphatic carbocycles. The predicted molar refractivity (Wildman–Crippen MR) is 89.7 cm³/mol. The van der Waals surface area contributed by atoms with Gasteiger partial charge in [0, 0.05) is 12.1 Å². The van der Waals surface area contributed by atoms with E-state index in [2.05, 4.69) is 28.7 Å². The van der Waals surface area contributed by atoms with E-state index in [0.717, 1.165) is 18.0 Å². The molecule has 0 aromatic rings. The number of rotatable bonds is 3. The highest BCUT2D eigenvalue weighted by atomic mass is 15.2. The summed E-state index contributed by atoms with van der Waals surface area (Å²) in [5, 5.41) is 0. The Bertz CT molecular complexity index is 296. The summed E-state index contributed by atoms with van der Waals surface area (Å²) in [6.45, 7) is 10.4. The van der Waals surface area contributed by atoms with Gasteiger partial charge in [0.25, 0.3) is 0 Å². The first kappa shape index (κ1) is 15.8. The Hall–Kier alpha value is -0.120. The van der Waals surface area contributed by atoms with Gasteiger partial charge in [-0.15, -0.1) is 0 Å². The van der Waals surface area contributed by atoms with E-state index in [0.29, 0.717) is 0 Å². The molecule has 3 fully saturated rings. The molecule has 0 unspecified atom stereocenters. The number of hydrogen-bond donors (Lipinski definition) is 0. The van der Waals surface area contributed by atoms with Crippen molar-refractivity contribution in [2.45, 2.75) is 64.0 Å². The molecule has 3 saturated heterocycles. The molecular formula is C18H35N3. The predicted octanol–water partition coefficient (Wildman–Crippen LogP) is 2.67. The highest BCUT2D eigenvalue weighted by Crippen LogP contribution is 2.27. The van der Waals surface area contributed by atoms with Gasteiger partial charge in [0.05, 0.1) is 0 Å². The molecule has 0 radical (unpaired) electrons. The molecule has 3 aliphatic heterocycles. The van der Waals surface area contributed by atoms with Crippen molar-refractivity contribution in [3.05, 3.63) is 0 Å². The maximum absolute atomic E-state index is 2.82. The van der Waals surface area contributed by atoms with Gasteiger partial charge in [-0.3, -0.25) is 0 Å². The summed E-state index contributed by atoms with van der Waals surface area (Å²) in [5.41, 5.74) is 0. The van der Waals surface area contributed by atoms with Crippen molar-refractivity contribution >= 4 is 0 Å². The molecule has 122 valence electrons. The maximum Gasteiger partial charge on any atom is 0.0120 e. The highest BCUT2D eigenvalue weighted by Gasteiger charge is 2.31. The van der Waals surface area contributed by atoms with E-state index in [4.69, 9.17) is 0 Å². The Morgan fingerprint density at radius 1 is 0.667 bits per heavy atom. The minimum absolute atomic E-state index is 0.882. The van der Waals surface area contributed by atoms with E-state index in [1.807, 2.05) is 0 Å². The maximum atomic E-state index is 2.82. The van der Waals surface area contributed by atoms with Crippen LogP contribution in [0.15, 0.2) is 0 Å². The Morgan fingerprint density at radius 3 is 1.57 bits per heavy atom. The summed E-state index contributed by atoms with van der Waals surface area (Å²) < 4.78 is 0. The fourth-order valence-electron chi connectivity index (χ4n) is 4.70. The van der Waals surface area contributed by atoms with Crippen LogP contribution in [0.1, 0.15) is 51.9 Å². The van der Waals surface area contributed by atoms with Gasteiger partial charge in [0.15, 0.2) is 0 Å². The van der Waals surface area contributed by atoms with Gasteiger partial charge in [-0.25, -0.2) is 0 Å². The topological polar surface area (TPSA) is 9.72 Å². The molecule has 0 spiro atoms. The Morgan fingerprint density at radius 2 is 1.10 bits per heavy atom. The third kappa shape index (κ3) is 4.00. The lowest BCUT2D eigenvalue weighted by molar-refractivity contribution is 0.0449. The zero-order chi connectivity index (χ0) is 14.7. The third-order valence-electron chi connectivity index (χ3n) is 6.45. The molecule has 3 rings (SSSR count). The standard InChI is InChI=1S/C18H35N3/c1-3-16-4-12-20(13-5-16)18-8-14-21(15-9-18)17-6-10-19(2)11-7-17/h16-18H,3-15H2,1-2H3. The van der Waals surface area contributed by atoms with Crippen molar-refractivity contribution in [2.75, 3.05) is 46.3 Å². The molecular weight excluding hydrogens is 258 g/mol. The summed E-state index contributed by atoms with van der Waals surface area (Å²) in [5.74, 6) is 1.01. The van der Waals surface area contributed by atoms with Crippen LogP contribution in [0.4, 0.5) is 0 Å². The first-order valence-electron chi connectivity index (χ1n) is 9.43. The van der Waals surface area contributed by atoms with E-state index >= 15 is 0 Å². The number of piperidine rings is 3. The van der Waals surface area contributed by atoms with E-state index in [1.165, 1.54) is 84.2 Å². The summed E-state index contributed by atoms with van der Waals surface area (Å²) in [6, 6.07) is 1.78. The normalized spacial score (nSPS) is 30.0. The molecule has 3 heteroatoms. The SMILES string of the molecule is CCC1CCN(C2CCN(C3CCN(C)CC3)CC2)CC1. The van der Waals surface area contributed by atoms with Crippen molar-refractivity contribution in [3.63, 3.8) is 0 Å². The van der Waals surface area contributed by atoms with Gasteiger partial charge in [-0.2, -0.15) is 0 Å². The fraction of sp³-hybridized carbons (Fsp3) is 1.00. The zero-order valence-corrected chi connectivity index (χ0v) is 14.3. The molecule has 3 heterocycles. The monoisotopic (exact) mass is 293 g/mol. The molecule has 0 amide bonds. The van der Waals surface area contributed by atoms with E-state index in [1.54, 1.807) is 0 Å². The van der Waals surface area contributed by atoms with Gasteiger partial charge in [-0.05, 0) is 90.8 Å². The van der Waals surface area contributed by atoms with E-state index in [9.17, 15) is 0 Å². The molecule has 0 N–H and O–H groups in total. The number of hydrogen-bond acceptors (Lipinski definition) is 3. The van der Waals surface area contributed by atoms with Gasteiger partial charge in [-0.1, -0.05) is 13.3 Å². The van der Waals surface area contributed by atoms with Crippen LogP contribution in [-0.4, -0.2) is 73.1 Å². The quantitative estimate of drug-likeness (QED) is 0.792. The van der Waals surface area contributed by atoms with Crippen LogP contribution in [0.25, 0.3) is 0 Å². The van der Waals surface area contributed by atoms with E-state index < -0.39 is 0 Å². The molecule has 3 nitrogen and oxygen atoms in total. The van der Waals surface area contributed by atoms with Crippen LogP contribution in [0, 0.1) is 5.92 Å². The molecule has 0 aromatic carbocycles. The van der Waals surface area contributed by atoms with Crippen LogP contribution in [0.5, 0.6) is 0 Å². The Labute approximate surface area is 131 Å². The lowest BCUT2D eigenvalue weighted by Gasteiger charge is -2.45. The van der Waals surface area contributed by atoms with Crippen LogP contribution >= 0.6 is 0 Å². The van der Waals surface area contributed by atoms with Gasteiger partial charge < -0.3 is 14.7 Å². The third-order valence-corrected chi connectivity index (χ3v) is 6.45. The van der Waals surface area contributed by atoms with Crippen LogP contribution in [-0.2, 0) is 0 Å². The van der Waals surface area contributed by atoms with Gasteiger partial charge in [0.2, 0.25) is 0 Å². The molecule has 0 atom stereocenters. The second kappa shape index (κ2) is 7.43. The average Bonchev–Trinajstić information content (AvgIpc) is 2.56. The largest absolute Gasteiger partial charge is 0.306 e. The minimum Gasteiger partial charge on any atom is -0.306 e. The van der Waals surface area contributed by atoms with Crippen LogP contribution < -0.4 is 0 Å². The summed E-state index contributed by atoms with van der Waals surface area (Å²) >= 11 is 0. The summed E-state index contributed by atoms with van der Waals surface area (Å²) in [7, 11) is 2.27.